The average molecular weight is 284 g/mol. The van der Waals surface area contributed by atoms with Gasteiger partial charge in [-0.3, -0.25) is 0 Å². The Balaban J connectivity index is 0. The second-order valence-corrected chi connectivity index (χ2v) is 5.15. The topological polar surface area (TPSA) is 74.6 Å². The zero-order valence-corrected chi connectivity index (χ0v) is 12.7. The van der Waals surface area contributed by atoms with Gasteiger partial charge in [0.1, 0.15) is 0 Å². The number of rotatable bonds is 10. The van der Waals surface area contributed by atoms with Crippen molar-refractivity contribution in [1.29, 1.82) is 0 Å². The molecule has 116 valence electrons. The van der Waals surface area contributed by atoms with Gasteiger partial charge < -0.3 is 10.2 Å². The molecule has 0 aromatic heterocycles. The van der Waals surface area contributed by atoms with Crippen LogP contribution in [0.3, 0.4) is 0 Å². The highest BCUT2D eigenvalue weighted by Crippen LogP contribution is 2.13. The van der Waals surface area contributed by atoms with Crippen molar-refractivity contribution in [2.45, 2.75) is 58.8 Å². The third kappa shape index (κ3) is 18.8. The van der Waals surface area contributed by atoms with E-state index in [2.05, 4.69) is 27.0 Å². The Morgan fingerprint density at radius 3 is 1.90 bits per heavy atom. The van der Waals surface area contributed by atoms with Gasteiger partial charge in [0.2, 0.25) is 0 Å². The van der Waals surface area contributed by atoms with Crippen LogP contribution in [-0.4, -0.2) is 22.2 Å². The molecule has 0 radical (unpaired) electrons. The van der Waals surface area contributed by atoms with Crippen LogP contribution in [0.2, 0.25) is 0 Å². The molecule has 2 N–H and O–H groups in total. The van der Waals surface area contributed by atoms with Crippen molar-refractivity contribution in [2.75, 3.05) is 0 Å². The molecule has 0 unspecified atom stereocenters. The quantitative estimate of drug-likeness (QED) is 0.464. The summed E-state index contributed by atoms with van der Waals surface area (Å²) in [6, 6.07) is 0. The van der Waals surface area contributed by atoms with Gasteiger partial charge in [0.15, 0.2) is 0 Å². The smallest absolute Gasteiger partial charge is 0.330 e. The van der Waals surface area contributed by atoms with Crippen molar-refractivity contribution >= 4 is 11.9 Å². The van der Waals surface area contributed by atoms with Crippen molar-refractivity contribution in [3.8, 4) is 0 Å². The van der Waals surface area contributed by atoms with Crippen molar-refractivity contribution in [1.82, 2.24) is 0 Å². The molecule has 4 nitrogen and oxygen atoms in total. The van der Waals surface area contributed by atoms with Crippen LogP contribution < -0.4 is 0 Å². The molecule has 0 aliphatic carbocycles. The predicted molar refractivity (Wildman–Crippen MR) is 81.8 cm³/mol. The third-order valence-electron chi connectivity index (χ3n) is 2.74. The number of aliphatic carboxylic acids is 2. The van der Waals surface area contributed by atoms with E-state index in [0.29, 0.717) is 12.0 Å². The lowest BCUT2D eigenvalue weighted by atomic mass is 10.0. The summed E-state index contributed by atoms with van der Waals surface area (Å²) < 4.78 is 0. The summed E-state index contributed by atoms with van der Waals surface area (Å²) in [7, 11) is 0. The first-order valence-electron chi connectivity index (χ1n) is 7.07. The van der Waals surface area contributed by atoms with Gasteiger partial charge in [-0.15, -0.1) is 0 Å². The minimum Gasteiger partial charge on any atom is -0.478 e. The van der Waals surface area contributed by atoms with Crippen LogP contribution in [0.1, 0.15) is 58.8 Å². The summed E-state index contributed by atoms with van der Waals surface area (Å²) in [5.74, 6) is -1.03. The molecule has 20 heavy (non-hydrogen) atoms. The van der Waals surface area contributed by atoms with E-state index in [1.54, 1.807) is 0 Å². The van der Waals surface area contributed by atoms with Crippen LogP contribution >= 0.6 is 0 Å². The highest BCUT2D eigenvalue weighted by molar-refractivity contribution is 5.85. The first kappa shape index (κ1) is 20.7. The second kappa shape index (κ2) is 13.8. The molecule has 0 aromatic rings. The van der Waals surface area contributed by atoms with Crippen LogP contribution in [-0.2, 0) is 9.59 Å². The van der Waals surface area contributed by atoms with Gasteiger partial charge in [-0.2, -0.15) is 0 Å². The number of unbranched alkanes of at least 4 members (excludes halogenated alkanes) is 4. The standard InChI is InChI=1S/C13H24O2.C3H4O2/c1-11(2)9-7-5-4-6-8-10-12(3)13(14)15;1-2-3(4)5/h11H,3-10H2,1-2H3,(H,14,15);2H,1H2,(H,4,5). The maximum absolute atomic E-state index is 10.4. The zero-order valence-electron chi connectivity index (χ0n) is 12.7. The molecule has 0 fully saturated rings. The number of carboxylic acids is 2. The maximum Gasteiger partial charge on any atom is 0.330 e. The largest absolute Gasteiger partial charge is 0.478 e. The molecular weight excluding hydrogens is 256 g/mol. The van der Waals surface area contributed by atoms with Crippen molar-refractivity contribution in [3.63, 3.8) is 0 Å². The Hall–Kier alpha value is -1.58. The number of hydrogen-bond acceptors (Lipinski definition) is 2. The summed E-state index contributed by atoms with van der Waals surface area (Å²) in [6.07, 6.45) is 8.67. The van der Waals surface area contributed by atoms with E-state index in [-0.39, 0.29) is 0 Å². The molecule has 0 bridgehead atoms. The van der Waals surface area contributed by atoms with Crippen molar-refractivity contribution < 1.29 is 19.8 Å². The molecule has 0 aliphatic heterocycles. The molecule has 0 saturated heterocycles. The molecule has 0 aromatic carbocycles. The molecular formula is C16H28O4. The molecule has 4 heteroatoms. The second-order valence-electron chi connectivity index (χ2n) is 5.15. The number of hydrogen-bond donors (Lipinski definition) is 2. The maximum atomic E-state index is 10.4. The fraction of sp³-hybridized carbons (Fsp3) is 0.625. The van der Waals surface area contributed by atoms with Crippen LogP contribution in [0.25, 0.3) is 0 Å². The van der Waals surface area contributed by atoms with E-state index in [1.165, 1.54) is 25.7 Å². The lowest BCUT2D eigenvalue weighted by molar-refractivity contribution is -0.133. The minimum absolute atomic E-state index is 0.345. The Morgan fingerprint density at radius 2 is 1.50 bits per heavy atom. The average Bonchev–Trinajstić information content (AvgIpc) is 2.37. The first-order valence-corrected chi connectivity index (χ1v) is 7.07. The predicted octanol–water partition coefficient (Wildman–Crippen LogP) is 4.27. The van der Waals surface area contributed by atoms with Gasteiger partial charge in [0, 0.05) is 11.6 Å². The lowest BCUT2D eigenvalue weighted by Crippen LogP contribution is -1.98. The van der Waals surface area contributed by atoms with Crippen LogP contribution in [0.5, 0.6) is 0 Å². The molecule has 0 amide bonds. The SMILES string of the molecule is C=C(CCCCCCCC(C)C)C(=O)O.C=CC(=O)O. The van der Waals surface area contributed by atoms with E-state index < -0.39 is 11.9 Å². The Labute approximate surface area is 122 Å². The Bertz CT molecular complexity index is 306. The normalized spacial score (nSPS) is 9.55. The van der Waals surface area contributed by atoms with E-state index in [1.807, 2.05) is 0 Å². The monoisotopic (exact) mass is 284 g/mol. The summed E-state index contributed by atoms with van der Waals surface area (Å²) in [4.78, 5) is 19.7. The highest BCUT2D eigenvalue weighted by atomic mass is 16.4. The van der Waals surface area contributed by atoms with E-state index in [0.717, 1.165) is 24.8 Å². The first-order chi connectivity index (χ1) is 9.31. The van der Waals surface area contributed by atoms with Gasteiger partial charge in [-0.25, -0.2) is 9.59 Å². The van der Waals surface area contributed by atoms with E-state index in [4.69, 9.17) is 10.2 Å². The molecule has 0 heterocycles. The number of carbonyl (C=O) groups is 2. The van der Waals surface area contributed by atoms with E-state index in [9.17, 15) is 9.59 Å². The van der Waals surface area contributed by atoms with Gasteiger partial charge >= 0.3 is 11.9 Å². The molecule has 0 saturated carbocycles. The summed E-state index contributed by atoms with van der Waals surface area (Å²) >= 11 is 0. The van der Waals surface area contributed by atoms with Crippen molar-refractivity contribution in [3.05, 3.63) is 24.8 Å². The Kier molecular flexibility index (Phi) is 14.3. The van der Waals surface area contributed by atoms with E-state index >= 15 is 0 Å². The Morgan fingerprint density at radius 1 is 1.05 bits per heavy atom. The van der Waals surface area contributed by atoms with Gasteiger partial charge in [0.25, 0.3) is 0 Å². The lowest BCUT2D eigenvalue weighted by Gasteiger charge is -2.04. The fourth-order valence-corrected chi connectivity index (χ4v) is 1.53. The summed E-state index contributed by atoms with van der Waals surface area (Å²) in [6.45, 7) is 11.0. The van der Waals surface area contributed by atoms with Gasteiger partial charge in [-0.05, 0) is 18.8 Å². The van der Waals surface area contributed by atoms with Crippen LogP contribution in [0.15, 0.2) is 24.8 Å². The number of carboxylic acid groups (broad SMARTS) is 2. The van der Waals surface area contributed by atoms with Crippen LogP contribution in [0, 0.1) is 5.92 Å². The molecule has 0 rings (SSSR count). The minimum atomic E-state index is -0.981. The third-order valence-corrected chi connectivity index (χ3v) is 2.74. The highest BCUT2D eigenvalue weighted by Gasteiger charge is 2.02. The molecule has 0 aliphatic rings. The fourth-order valence-electron chi connectivity index (χ4n) is 1.53. The summed E-state index contributed by atoms with van der Waals surface area (Å²) in [5.41, 5.74) is 0.345. The zero-order chi connectivity index (χ0) is 16.0. The molecule has 0 spiro atoms. The van der Waals surface area contributed by atoms with Gasteiger partial charge in [-0.1, -0.05) is 59.1 Å². The summed E-state index contributed by atoms with van der Waals surface area (Å²) in [5, 5.41) is 16.2. The van der Waals surface area contributed by atoms with Crippen molar-refractivity contribution in [2.24, 2.45) is 5.92 Å². The van der Waals surface area contributed by atoms with Gasteiger partial charge in [0.05, 0.1) is 0 Å². The molecule has 0 atom stereocenters. The van der Waals surface area contributed by atoms with Crippen LogP contribution in [0.4, 0.5) is 0 Å².